The fourth-order valence-corrected chi connectivity index (χ4v) is 3.07. The molecule has 0 atom stereocenters. The Morgan fingerprint density at radius 2 is 1.29 bits per heavy atom. The van der Waals surface area contributed by atoms with E-state index in [2.05, 4.69) is 10.3 Å². The van der Waals surface area contributed by atoms with Gasteiger partial charge in [-0.25, -0.2) is 13.5 Å². The topological polar surface area (TPSA) is 54.5 Å². The summed E-state index contributed by atoms with van der Waals surface area (Å²) in [7, 11) is 0. The van der Waals surface area contributed by atoms with Crippen LogP contribution in [0.25, 0.3) is 28.1 Å². The summed E-state index contributed by atoms with van der Waals surface area (Å²) in [5.74, 6) is -1.52. The van der Waals surface area contributed by atoms with E-state index in [1.54, 1.807) is 12.1 Å². The second-order valence-electron chi connectivity index (χ2n) is 7.41. The molecule has 0 saturated heterocycles. The Bertz CT molecular complexity index is 1370. The molecule has 0 aliphatic heterocycles. The van der Waals surface area contributed by atoms with Gasteiger partial charge in [0.15, 0.2) is 0 Å². The van der Waals surface area contributed by atoms with Crippen molar-refractivity contribution in [3.8, 4) is 34.1 Å². The number of alkyl halides is 6. The minimum atomic E-state index is -4.43. The van der Waals surface area contributed by atoms with Gasteiger partial charge in [0, 0.05) is 18.6 Å². The van der Waals surface area contributed by atoms with Gasteiger partial charge in [-0.2, -0.15) is 31.6 Å². The van der Waals surface area contributed by atoms with Crippen molar-refractivity contribution in [2.24, 2.45) is 0 Å². The Hall–Kier alpha value is -4.27. The van der Waals surface area contributed by atoms with Crippen molar-refractivity contribution < 1.29 is 35.1 Å². The number of aromatic nitrogens is 3. The van der Waals surface area contributed by atoms with Gasteiger partial charge in [-0.15, -0.1) is 5.10 Å². The molecule has 0 spiro atoms. The first kappa shape index (κ1) is 30.0. The van der Waals surface area contributed by atoms with Crippen LogP contribution in [0.15, 0.2) is 66.9 Å². The number of hydrogen-bond donors (Lipinski definition) is 0. The molecule has 0 radical (unpaired) electrons. The van der Waals surface area contributed by atoms with Crippen LogP contribution >= 0.6 is 0 Å². The Balaban J connectivity index is 0.000000651. The average molecular weight is 540 g/mol. The molecule has 1 aromatic heterocycles. The predicted molar refractivity (Wildman–Crippen MR) is 125 cm³/mol. The maximum Gasteiger partial charge on any atom is 0.416 e. The van der Waals surface area contributed by atoms with Crippen molar-refractivity contribution in [1.29, 1.82) is 5.26 Å². The number of benzene rings is 3. The van der Waals surface area contributed by atoms with Crippen molar-refractivity contribution in [2.75, 3.05) is 0 Å². The van der Waals surface area contributed by atoms with E-state index in [4.69, 9.17) is 0 Å². The minimum absolute atomic E-state index is 0.184. The van der Waals surface area contributed by atoms with Crippen LogP contribution in [0.3, 0.4) is 0 Å². The molecule has 4 nitrogen and oxygen atoms in total. The third-order valence-electron chi connectivity index (χ3n) is 4.56. The van der Waals surface area contributed by atoms with Crippen LogP contribution in [-0.4, -0.2) is 21.2 Å². The third-order valence-corrected chi connectivity index (χ3v) is 4.56. The molecular weight excluding hydrogens is 520 g/mol. The van der Waals surface area contributed by atoms with Crippen molar-refractivity contribution in [3.63, 3.8) is 0 Å². The molecule has 4 rings (SSSR count). The van der Waals surface area contributed by atoms with E-state index >= 15 is 0 Å². The second-order valence-corrected chi connectivity index (χ2v) is 7.41. The Kier molecular flexibility index (Phi) is 9.71. The van der Waals surface area contributed by atoms with Gasteiger partial charge in [0.05, 0.1) is 23.0 Å². The lowest BCUT2D eigenvalue weighted by Gasteiger charge is -2.09. The molecule has 200 valence electrons. The highest BCUT2D eigenvalue weighted by Gasteiger charge is 2.30. The molecule has 0 fully saturated rings. The first-order chi connectivity index (χ1) is 17.7. The summed E-state index contributed by atoms with van der Waals surface area (Å²) in [6.45, 7) is 4.19. The molecule has 0 aliphatic carbocycles. The van der Waals surface area contributed by atoms with E-state index in [1.165, 1.54) is 29.1 Å². The number of rotatable bonds is 3. The van der Waals surface area contributed by atoms with Crippen LogP contribution < -0.4 is 0 Å². The first-order valence-electron chi connectivity index (χ1n) is 10.9. The van der Waals surface area contributed by atoms with E-state index in [0.717, 1.165) is 30.3 Å². The third kappa shape index (κ3) is 8.40. The summed E-state index contributed by atoms with van der Waals surface area (Å²) >= 11 is 0. The standard InChI is InChI=1S/C22H11F5N4.C2H3F3.C2H6/c23-18-8-15(9-19(24)10-18)20-12-31(30-29-20)21-6-3-14(7-16(21)11-28)13-1-4-17(5-2-13)22(25,26)27;1-2(3,4)5;1-2/h1-10,12H;1H3;1-2H3. The summed E-state index contributed by atoms with van der Waals surface area (Å²) in [6, 6.07) is 14.3. The largest absolute Gasteiger partial charge is 0.416 e. The van der Waals surface area contributed by atoms with Gasteiger partial charge in [-0.3, -0.25) is 0 Å². The second kappa shape index (κ2) is 12.3. The normalized spacial score (nSPS) is 11.0. The van der Waals surface area contributed by atoms with Crippen LogP contribution in [0.1, 0.15) is 31.9 Å². The molecule has 4 aromatic rings. The molecule has 12 heteroatoms. The zero-order chi connectivity index (χ0) is 28.7. The van der Waals surface area contributed by atoms with E-state index < -0.39 is 29.6 Å². The molecule has 0 unspecified atom stereocenters. The fourth-order valence-electron chi connectivity index (χ4n) is 3.07. The molecule has 0 N–H and O–H groups in total. The molecule has 0 bridgehead atoms. The van der Waals surface area contributed by atoms with Crippen LogP contribution in [0.4, 0.5) is 35.1 Å². The van der Waals surface area contributed by atoms with Crippen LogP contribution in [0.5, 0.6) is 0 Å². The van der Waals surface area contributed by atoms with Gasteiger partial charge in [0.25, 0.3) is 0 Å². The van der Waals surface area contributed by atoms with Crippen LogP contribution in [-0.2, 0) is 6.18 Å². The van der Waals surface area contributed by atoms with Gasteiger partial charge < -0.3 is 0 Å². The highest BCUT2D eigenvalue weighted by molar-refractivity contribution is 5.69. The zero-order valence-corrected chi connectivity index (χ0v) is 20.2. The summed E-state index contributed by atoms with van der Waals surface area (Å²) in [5.41, 5.74) is 1.22. The molecular formula is C26H20F8N4. The van der Waals surface area contributed by atoms with Crippen molar-refractivity contribution in [2.45, 2.75) is 33.1 Å². The lowest BCUT2D eigenvalue weighted by Crippen LogP contribution is -2.04. The predicted octanol–water partition coefficient (Wildman–Crippen LogP) is 8.36. The highest BCUT2D eigenvalue weighted by atomic mass is 19.4. The lowest BCUT2D eigenvalue weighted by molar-refractivity contribution is -0.137. The Morgan fingerprint density at radius 3 is 1.79 bits per heavy atom. The maximum atomic E-state index is 13.5. The van der Waals surface area contributed by atoms with Gasteiger partial charge in [-0.05, 0) is 47.5 Å². The summed E-state index contributed by atoms with van der Waals surface area (Å²) in [5, 5.41) is 17.4. The Morgan fingerprint density at radius 1 is 0.763 bits per heavy atom. The average Bonchev–Trinajstić information content (AvgIpc) is 3.33. The minimum Gasteiger partial charge on any atom is -0.219 e. The number of halogens is 8. The Labute approximate surface area is 212 Å². The highest BCUT2D eigenvalue weighted by Crippen LogP contribution is 2.32. The molecule has 38 heavy (non-hydrogen) atoms. The number of hydrogen-bond acceptors (Lipinski definition) is 3. The zero-order valence-electron chi connectivity index (χ0n) is 20.2. The summed E-state index contributed by atoms with van der Waals surface area (Å²) in [6.07, 6.45) is -7.02. The lowest BCUT2D eigenvalue weighted by atomic mass is 10.0. The van der Waals surface area contributed by atoms with Crippen molar-refractivity contribution in [3.05, 3.63) is 89.6 Å². The van der Waals surface area contributed by atoms with Crippen molar-refractivity contribution >= 4 is 0 Å². The molecule has 0 saturated carbocycles. The number of nitriles is 1. The van der Waals surface area contributed by atoms with Crippen LogP contribution in [0.2, 0.25) is 0 Å². The number of nitrogens with zero attached hydrogens (tertiary/aromatic N) is 4. The summed E-state index contributed by atoms with van der Waals surface area (Å²) < 4.78 is 97.5. The fraction of sp³-hybridized carbons (Fsp3) is 0.192. The van der Waals surface area contributed by atoms with Gasteiger partial charge in [0.1, 0.15) is 23.4 Å². The van der Waals surface area contributed by atoms with Crippen LogP contribution in [0, 0.1) is 23.0 Å². The van der Waals surface area contributed by atoms with Gasteiger partial charge >= 0.3 is 12.4 Å². The van der Waals surface area contributed by atoms with E-state index in [1.807, 2.05) is 19.9 Å². The first-order valence-corrected chi connectivity index (χ1v) is 10.9. The monoisotopic (exact) mass is 540 g/mol. The SMILES string of the molecule is CC.CC(F)(F)F.N#Cc1cc(-c2ccc(C(F)(F)F)cc2)ccc1-n1cc(-c2cc(F)cc(F)c2)nn1. The molecule has 0 amide bonds. The van der Waals surface area contributed by atoms with E-state index in [0.29, 0.717) is 16.8 Å². The quantitative estimate of drug-likeness (QED) is 0.245. The van der Waals surface area contributed by atoms with Gasteiger partial charge in [-0.1, -0.05) is 37.3 Å². The van der Waals surface area contributed by atoms with E-state index in [-0.39, 0.29) is 23.7 Å². The maximum absolute atomic E-state index is 13.5. The molecule has 0 aliphatic rings. The smallest absolute Gasteiger partial charge is 0.219 e. The molecule has 1 heterocycles. The molecule has 3 aromatic carbocycles. The van der Waals surface area contributed by atoms with Gasteiger partial charge in [0.2, 0.25) is 0 Å². The van der Waals surface area contributed by atoms with Crippen molar-refractivity contribution in [1.82, 2.24) is 15.0 Å². The van der Waals surface area contributed by atoms with E-state index in [9.17, 15) is 40.4 Å². The summed E-state index contributed by atoms with van der Waals surface area (Å²) in [4.78, 5) is 0.